The van der Waals surface area contributed by atoms with E-state index in [-0.39, 0.29) is 22.7 Å². The summed E-state index contributed by atoms with van der Waals surface area (Å²) in [6.45, 7) is 0. The third-order valence-corrected chi connectivity index (χ3v) is 1.36. The predicted molar refractivity (Wildman–Crippen MR) is 39.7 cm³/mol. The highest BCUT2D eigenvalue weighted by molar-refractivity contribution is 5.56. The largest absolute Gasteiger partial charge is 0.504 e. The second-order valence-corrected chi connectivity index (χ2v) is 2.11. The SMILES string of the molecule is N#CC(C#N)=C1C=C(O)C(O)=C1. The summed E-state index contributed by atoms with van der Waals surface area (Å²) in [5.74, 6) is -0.652. The third kappa shape index (κ3) is 1.14. The molecule has 0 fully saturated rings. The van der Waals surface area contributed by atoms with E-state index in [1.807, 2.05) is 0 Å². The Morgan fingerprint density at radius 2 is 1.50 bits per heavy atom. The van der Waals surface area contributed by atoms with Gasteiger partial charge in [0, 0.05) is 5.57 Å². The Kier molecular flexibility index (Phi) is 1.85. The van der Waals surface area contributed by atoms with E-state index in [0.717, 1.165) is 12.2 Å². The van der Waals surface area contributed by atoms with E-state index in [1.54, 1.807) is 12.1 Å². The number of aliphatic hydroxyl groups is 2. The third-order valence-electron chi connectivity index (χ3n) is 1.36. The topological polar surface area (TPSA) is 88.0 Å². The predicted octanol–water partition coefficient (Wildman–Crippen LogP) is 1.23. The van der Waals surface area contributed by atoms with Crippen molar-refractivity contribution in [3.63, 3.8) is 0 Å². The summed E-state index contributed by atoms with van der Waals surface area (Å²) in [4.78, 5) is 0. The fourth-order valence-corrected chi connectivity index (χ4v) is 0.783. The number of aliphatic hydroxyl groups excluding tert-OH is 2. The molecular formula is C8H4N2O2. The molecule has 0 aliphatic heterocycles. The molecule has 2 N–H and O–H groups in total. The van der Waals surface area contributed by atoms with Gasteiger partial charge < -0.3 is 10.2 Å². The molecule has 58 valence electrons. The standard InChI is InChI=1S/C8H4N2O2/c9-3-6(4-10)5-1-7(11)8(12)2-5/h1-2,11-12H. The minimum atomic E-state index is -0.326. The van der Waals surface area contributed by atoms with Crippen molar-refractivity contribution in [3.8, 4) is 12.1 Å². The summed E-state index contributed by atoms with van der Waals surface area (Å²) in [7, 11) is 0. The second kappa shape index (κ2) is 2.81. The zero-order valence-corrected chi connectivity index (χ0v) is 5.94. The Hall–Kier alpha value is -2.20. The lowest BCUT2D eigenvalue weighted by Gasteiger charge is -1.85. The van der Waals surface area contributed by atoms with Crippen LogP contribution < -0.4 is 0 Å². The van der Waals surface area contributed by atoms with Gasteiger partial charge in [-0.3, -0.25) is 0 Å². The van der Waals surface area contributed by atoms with Crippen LogP contribution in [0.25, 0.3) is 0 Å². The van der Waals surface area contributed by atoms with Crippen LogP contribution in [-0.4, -0.2) is 10.2 Å². The maximum Gasteiger partial charge on any atom is 0.158 e. The quantitative estimate of drug-likeness (QED) is 0.521. The second-order valence-electron chi connectivity index (χ2n) is 2.11. The molecule has 0 spiro atoms. The van der Waals surface area contributed by atoms with Crippen LogP contribution in [0.2, 0.25) is 0 Å². The molecule has 1 rings (SSSR count). The van der Waals surface area contributed by atoms with Gasteiger partial charge in [0.2, 0.25) is 0 Å². The molecule has 0 bridgehead atoms. The number of rotatable bonds is 0. The van der Waals surface area contributed by atoms with Crippen molar-refractivity contribution in [1.29, 1.82) is 10.5 Å². The lowest BCUT2D eigenvalue weighted by atomic mass is 10.1. The summed E-state index contributed by atoms with van der Waals surface area (Å²) in [6, 6.07) is 3.28. The molecule has 0 amide bonds. The van der Waals surface area contributed by atoms with Crippen molar-refractivity contribution in [2.24, 2.45) is 0 Å². The number of allylic oxidation sites excluding steroid dienone is 4. The maximum atomic E-state index is 8.90. The molecule has 0 aromatic carbocycles. The number of nitrogens with zero attached hydrogens (tertiary/aromatic N) is 2. The average Bonchev–Trinajstić information content (AvgIpc) is 2.35. The summed E-state index contributed by atoms with van der Waals surface area (Å²) < 4.78 is 0. The molecule has 4 heteroatoms. The highest BCUT2D eigenvalue weighted by atomic mass is 16.3. The Morgan fingerprint density at radius 1 is 1.08 bits per heavy atom. The number of hydrogen-bond donors (Lipinski definition) is 2. The first-order valence-electron chi connectivity index (χ1n) is 3.05. The average molecular weight is 160 g/mol. The zero-order valence-electron chi connectivity index (χ0n) is 5.94. The van der Waals surface area contributed by atoms with Gasteiger partial charge in [-0.1, -0.05) is 0 Å². The fraction of sp³-hybridized carbons (Fsp3) is 0. The van der Waals surface area contributed by atoms with E-state index in [9.17, 15) is 0 Å². The van der Waals surface area contributed by atoms with Gasteiger partial charge in [-0.25, -0.2) is 0 Å². The minimum absolute atomic E-state index is 0.134. The molecule has 4 nitrogen and oxygen atoms in total. The van der Waals surface area contributed by atoms with Gasteiger partial charge in [-0.05, 0) is 12.2 Å². The first-order valence-corrected chi connectivity index (χ1v) is 3.05. The molecule has 12 heavy (non-hydrogen) atoms. The zero-order chi connectivity index (χ0) is 9.14. The fourth-order valence-electron chi connectivity index (χ4n) is 0.783. The first kappa shape index (κ1) is 7.90. The van der Waals surface area contributed by atoms with Crippen LogP contribution in [0.4, 0.5) is 0 Å². The molecule has 0 aromatic rings. The van der Waals surface area contributed by atoms with Crippen LogP contribution in [0.3, 0.4) is 0 Å². The minimum Gasteiger partial charge on any atom is -0.504 e. The molecule has 1 aliphatic carbocycles. The van der Waals surface area contributed by atoms with Crippen LogP contribution in [0.15, 0.2) is 34.8 Å². The van der Waals surface area contributed by atoms with E-state index in [1.165, 1.54) is 0 Å². The summed E-state index contributed by atoms with van der Waals surface area (Å²) >= 11 is 0. The molecule has 0 aromatic heterocycles. The van der Waals surface area contributed by atoms with Crippen LogP contribution in [0.1, 0.15) is 0 Å². The van der Waals surface area contributed by atoms with Gasteiger partial charge in [-0.2, -0.15) is 10.5 Å². The molecule has 0 heterocycles. The van der Waals surface area contributed by atoms with Gasteiger partial charge in [0.25, 0.3) is 0 Å². The van der Waals surface area contributed by atoms with Crippen molar-refractivity contribution in [2.75, 3.05) is 0 Å². The molecular weight excluding hydrogens is 156 g/mol. The van der Waals surface area contributed by atoms with Crippen LogP contribution >= 0.6 is 0 Å². The van der Waals surface area contributed by atoms with E-state index < -0.39 is 0 Å². The van der Waals surface area contributed by atoms with E-state index >= 15 is 0 Å². The Bertz CT molecular complexity index is 352. The Morgan fingerprint density at radius 3 is 1.83 bits per heavy atom. The highest BCUT2D eigenvalue weighted by Crippen LogP contribution is 2.21. The summed E-state index contributed by atoms with van der Waals surface area (Å²) in [5.41, 5.74) is 0.0978. The van der Waals surface area contributed by atoms with Gasteiger partial charge in [-0.15, -0.1) is 0 Å². The maximum absolute atomic E-state index is 8.90. The summed E-state index contributed by atoms with van der Waals surface area (Å²) in [6.07, 6.45) is 2.33. The van der Waals surface area contributed by atoms with Crippen molar-refractivity contribution in [1.82, 2.24) is 0 Å². The van der Waals surface area contributed by atoms with Gasteiger partial charge in [0.1, 0.15) is 17.7 Å². The lowest BCUT2D eigenvalue weighted by molar-refractivity contribution is 0.330. The van der Waals surface area contributed by atoms with Gasteiger partial charge in [0.15, 0.2) is 11.5 Å². The molecule has 0 unspecified atom stereocenters. The Balaban J connectivity index is 3.23. The smallest absolute Gasteiger partial charge is 0.158 e. The molecule has 0 radical (unpaired) electrons. The van der Waals surface area contributed by atoms with E-state index in [2.05, 4.69) is 0 Å². The van der Waals surface area contributed by atoms with Crippen LogP contribution in [0, 0.1) is 22.7 Å². The van der Waals surface area contributed by atoms with Crippen LogP contribution in [0.5, 0.6) is 0 Å². The number of nitriles is 2. The monoisotopic (exact) mass is 160 g/mol. The molecule has 0 atom stereocenters. The van der Waals surface area contributed by atoms with E-state index in [4.69, 9.17) is 20.7 Å². The normalized spacial score (nSPS) is 14.3. The highest BCUT2D eigenvalue weighted by Gasteiger charge is 2.13. The van der Waals surface area contributed by atoms with Gasteiger partial charge in [0.05, 0.1) is 0 Å². The van der Waals surface area contributed by atoms with Crippen molar-refractivity contribution in [3.05, 3.63) is 34.8 Å². The van der Waals surface area contributed by atoms with Crippen LogP contribution in [-0.2, 0) is 0 Å². The van der Waals surface area contributed by atoms with E-state index in [0.29, 0.717) is 0 Å². The summed E-state index contributed by atoms with van der Waals surface area (Å²) in [5, 5.41) is 34.6. The lowest BCUT2D eigenvalue weighted by Crippen LogP contribution is -1.78. The number of hydrogen-bond acceptors (Lipinski definition) is 4. The van der Waals surface area contributed by atoms with Crippen molar-refractivity contribution < 1.29 is 10.2 Å². The molecule has 0 saturated carbocycles. The Labute approximate surface area is 68.6 Å². The van der Waals surface area contributed by atoms with Crippen molar-refractivity contribution >= 4 is 0 Å². The van der Waals surface area contributed by atoms with Crippen molar-refractivity contribution in [2.45, 2.75) is 0 Å². The molecule has 0 saturated heterocycles. The van der Waals surface area contributed by atoms with Gasteiger partial charge >= 0.3 is 0 Å². The first-order chi connectivity index (χ1) is 5.69. The molecule has 1 aliphatic rings.